The molecule has 0 saturated heterocycles. The second-order valence-electron chi connectivity index (χ2n) is 11.6. The molecule has 4 N–H and O–H groups in total. The van der Waals surface area contributed by atoms with E-state index in [9.17, 15) is 18.4 Å². The molecule has 0 unspecified atom stereocenters. The van der Waals surface area contributed by atoms with Gasteiger partial charge >= 0.3 is 5.97 Å². The Hall–Kier alpha value is -4.26. The number of hydrogen-bond donors (Lipinski definition) is 3. The predicted molar refractivity (Wildman–Crippen MR) is 173 cm³/mol. The summed E-state index contributed by atoms with van der Waals surface area (Å²) in [5.41, 5.74) is 9.72. The zero-order chi connectivity index (χ0) is 32.3. The van der Waals surface area contributed by atoms with Gasteiger partial charge in [-0.1, -0.05) is 31.9 Å². The number of anilines is 1. The molecular weight excluding hydrogens is 574 g/mol. The highest BCUT2D eigenvalue weighted by Gasteiger charge is 2.26. The molecule has 1 saturated carbocycles. The summed E-state index contributed by atoms with van der Waals surface area (Å²) < 4.78 is 33.8. The van der Waals surface area contributed by atoms with Gasteiger partial charge in [-0.2, -0.15) is 0 Å². The summed E-state index contributed by atoms with van der Waals surface area (Å²) in [6.45, 7) is 5.80. The molecule has 0 spiro atoms. The lowest BCUT2D eigenvalue weighted by Crippen LogP contribution is -2.46. The zero-order valence-corrected chi connectivity index (χ0v) is 26.0. The van der Waals surface area contributed by atoms with Gasteiger partial charge in [-0.25, -0.2) is 13.6 Å². The molecule has 1 fully saturated rings. The van der Waals surface area contributed by atoms with E-state index in [0.29, 0.717) is 42.4 Å². The molecule has 9 heteroatoms. The minimum atomic E-state index is -0.873. The number of halogens is 2. The van der Waals surface area contributed by atoms with Crippen molar-refractivity contribution in [2.45, 2.75) is 70.7 Å². The molecule has 3 aromatic carbocycles. The highest BCUT2D eigenvalue weighted by Crippen LogP contribution is 2.25. The molecule has 238 valence electrons. The van der Waals surface area contributed by atoms with Crippen molar-refractivity contribution in [3.8, 4) is 12.3 Å². The molecule has 4 rings (SSSR count). The second-order valence-corrected chi connectivity index (χ2v) is 11.6. The smallest absolute Gasteiger partial charge is 0.338 e. The number of nitrogens with two attached hydrogens (primary N) is 1. The maximum absolute atomic E-state index is 13.9. The Labute approximate surface area is 264 Å². The van der Waals surface area contributed by atoms with Crippen LogP contribution in [0.1, 0.15) is 76.9 Å². The number of hydrogen-bond acceptors (Lipinski definition) is 6. The number of carbonyl (C=O) groups is 2. The summed E-state index contributed by atoms with van der Waals surface area (Å²) in [6, 6.07) is 15.6. The lowest BCUT2D eigenvalue weighted by Gasteiger charge is -2.25. The standard InChI is InChI=1S/C36H42F2N4O3/c1-4-12-42(13-5-2)35(43)27-14-24(6-3)15-28(20-27)36(44)45-34(33(39)19-26-16-29(37)21-30(38)17-26)23-40-22-25-8-7-9-32(18-25)41-31-10-11-31/h3,7-9,14-18,20-21,31,33-34,40-41H,4-5,10-13,19,22-23,39H2,1-2H3/t33-,34+/m0/s1. The van der Waals surface area contributed by atoms with Crippen molar-refractivity contribution >= 4 is 17.6 Å². The molecule has 0 bridgehead atoms. The number of nitrogens with one attached hydrogen (secondary N) is 2. The van der Waals surface area contributed by atoms with Gasteiger partial charge in [0, 0.05) is 61.1 Å². The summed E-state index contributed by atoms with van der Waals surface area (Å²) in [4.78, 5) is 28.6. The Morgan fingerprint density at radius 3 is 2.33 bits per heavy atom. The quantitative estimate of drug-likeness (QED) is 0.142. The third kappa shape index (κ3) is 10.1. The molecule has 3 aromatic rings. The Bertz CT molecular complexity index is 1490. The first-order valence-corrected chi connectivity index (χ1v) is 15.6. The Morgan fingerprint density at radius 1 is 1.00 bits per heavy atom. The summed E-state index contributed by atoms with van der Waals surface area (Å²) in [6.07, 6.45) is 8.78. The first-order chi connectivity index (χ1) is 21.7. The van der Waals surface area contributed by atoms with Gasteiger partial charge in [0.1, 0.15) is 17.7 Å². The number of terminal acetylenes is 1. The van der Waals surface area contributed by atoms with E-state index in [2.05, 4.69) is 22.6 Å². The van der Waals surface area contributed by atoms with Gasteiger partial charge in [-0.05, 0) is 85.7 Å². The average molecular weight is 617 g/mol. The van der Waals surface area contributed by atoms with E-state index >= 15 is 0 Å². The fraction of sp³-hybridized carbons (Fsp3) is 0.389. The molecule has 0 radical (unpaired) electrons. The van der Waals surface area contributed by atoms with E-state index in [1.54, 1.807) is 11.0 Å². The molecule has 1 amide bonds. The van der Waals surface area contributed by atoms with Gasteiger partial charge < -0.3 is 26.0 Å². The highest BCUT2D eigenvalue weighted by molar-refractivity contribution is 5.98. The summed E-state index contributed by atoms with van der Waals surface area (Å²) in [7, 11) is 0. The monoisotopic (exact) mass is 616 g/mol. The van der Waals surface area contributed by atoms with Crippen molar-refractivity contribution in [3.63, 3.8) is 0 Å². The van der Waals surface area contributed by atoms with E-state index in [-0.39, 0.29) is 24.4 Å². The molecule has 0 aromatic heterocycles. The number of rotatable bonds is 16. The molecular formula is C36H42F2N4O3. The van der Waals surface area contributed by atoms with Gasteiger partial charge in [0.25, 0.3) is 5.91 Å². The van der Waals surface area contributed by atoms with E-state index in [0.717, 1.165) is 43.0 Å². The second kappa shape index (κ2) is 16.2. The molecule has 45 heavy (non-hydrogen) atoms. The molecule has 1 aliphatic carbocycles. The fourth-order valence-corrected chi connectivity index (χ4v) is 5.20. The van der Waals surface area contributed by atoms with Gasteiger partial charge in [0.05, 0.1) is 5.56 Å². The number of nitrogens with zero attached hydrogens (tertiary/aromatic N) is 1. The van der Waals surface area contributed by atoms with Crippen LogP contribution in [0.15, 0.2) is 60.7 Å². The fourth-order valence-electron chi connectivity index (χ4n) is 5.20. The van der Waals surface area contributed by atoms with Crippen LogP contribution in [-0.4, -0.2) is 54.6 Å². The van der Waals surface area contributed by atoms with E-state index in [4.69, 9.17) is 16.9 Å². The van der Waals surface area contributed by atoms with Gasteiger partial charge in [-0.15, -0.1) is 6.42 Å². The predicted octanol–water partition coefficient (Wildman–Crippen LogP) is 5.67. The van der Waals surface area contributed by atoms with Crippen LogP contribution in [0, 0.1) is 24.0 Å². The summed E-state index contributed by atoms with van der Waals surface area (Å²) in [5, 5.41) is 6.79. The largest absolute Gasteiger partial charge is 0.456 e. The van der Waals surface area contributed by atoms with Crippen molar-refractivity contribution in [1.82, 2.24) is 10.2 Å². The van der Waals surface area contributed by atoms with E-state index in [1.807, 2.05) is 32.0 Å². The number of esters is 1. The van der Waals surface area contributed by atoms with E-state index < -0.39 is 29.7 Å². The van der Waals surface area contributed by atoms with Crippen LogP contribution in [0.25, 0.3) is 0 Å². The number of carbonyl (C=O) groups excluding carboxylic acids is 2. The number of ether oxygens (including phenoxy) is 1. The third-order valence-corrected chi connectivity index (χ3v) is 7.54. The first-order valence-electron chi connectivity index (χ1n) is 15.6. The third-order valence-electron chi connectivity index (χ3n) is 7.54. The minimum absolute atomic E-state index is 0.0617. The van der Waals surface area contributed by atoms with Crippen molar-refractivity contribution in [2.24, 2.45) is 5.73 Å². The van der Waals surface area contributed by atoms with Crippen molar-refractivity contribution in [2.75, 3.05) is 25.0 Å². The molecule has 2 atom stereocenters. The van der Waals surface area contributed by atoms with Crippen LogP contribution in [0.3, 0.4) is 0 Å². The van der Waals surface area contributed by atoms with Crippen LogP contribution < -0.4 is 16.4 Å². The molecule has 7 nitrogen and oxygen atoms in total. The minimum Gasteiger partial charge on any atom is -0.456 e. The summed E-state index contributed by atoms with van der Waals surface area (Å²) >= 11 is 0. The van der Waals surface area contributed by atoms with Crippen LogP contribution in [0.5, 0.6) is 0 Å². The maximum Gasteiger partial charge on any atom is 0.338 e. The van der Waals surface area contributed by atoms with Crippen molar-refractivity contribution in [3.05, 3.63) is 100 Å². The van der Waals surface area contributed by atoms with E-state index in [1.165, 1.54) is 24.3 Å². The SMILES string of the molecule is C#Cc1cc(C(=O)O[C@H](CNCc2cccc(NC3CC3)c2)[C@@H](N)Cc2cc(F)cc(F)c2)cc(C(=O)N(CCC)CCC)c1. The van der Waals surface area contributed by atoms with Crippen molar-refractivity contribution < 1.29 is 23.1 Å². The van der Waals surface area contributed by atoms with Crippen LogP contribution >= 0.6 is 0 Å². The highest BCUT2D eigenvalue weighted by atomic mass is 19.1. The zero-order valence-electron chi connectivity index (χ0n) is 26.0. The number of benzene rings is 3. The van der Waals surface area contributed by atoms with Crippen LogP contribution in [-0.2, 0) is 17.7 Å². The van der Waals surface area contributed by atoms with Gasteiger partial charge in [0.2, 0.25) is 0 Å². The molecule has 0 heterocycles. The summed E-state index contributed by atoms with van der Waals surface area (Å²) in [5.74, 6) is 0.166. The van der Waals surface area contributed by atoms with Crippen LogP contribution in [0.2, 0.25) is 0 Å². The normalized spacial score (nSPS) is 13.9. The van der Waals surface area contributed by atoms with Gasteiger partial charge in [-0.3, -0.25) is 4.79 Å². The molecule has 0 aliphatic heterocycles. The Balaban J connectivity index is 1.53. The first kappa shape index (κ1) is 33.6. The van der Waals surface area contributed by atoms with Gasteiger partial charge in [0.15, 0.2) is 0 Å². The Kier molecular flexibility index (Phi) is 12.1. The Morgan fingerprint density at radius 2 is 1.69 bits per heavy atom. The maximum atomic E-state index is 13.9. The average Bonchev–Trinajstić information content (AvgIpc) is 3.83. The molecule has 1 aliphatic rings. The lowest BCUT2D eigenvalue weighted by molar-refractivity contribution is 0.0238. The van der Waals surface area contributed by atoms with Crippen molar-refractivity contribution in [1.29, 1.82) is 0 Å². The topological polar surface area (TPSA) is 96.7 Å². The number of amides is 1. The van der Waals surface area contributed by atoms with Crippen LogP contribution in [0.4, 0.5) is 14.5 Å². The lowest BCUT2D eigenvalue weighted by atomic mass is 10.0.